The first-order chi connectivity index (χ1) is 8.22. The zero-order chi connectivity index (χ0) is 12.3. The van der Waals surface area contributed by atoms with Gasteiger partial charge in [-0.2, -0.15) is 0 Å². The van der Waals surface area contributed by atoms with Gasteiger partial charge in [-0.25, -0.2) is 4.79 Å². The van der Waals surface area contributed by atoms with Gasteiger partial charge in [0.15, 0.2) is 0 Å². The molecule has 0 bridgehead atoms. The van der Waals surface area contributed by atoms with Gasteiger partial charge in [0.2, 0.25) is 0 Å². The lowest BCUT2D eigenvalue weighted by Crippen LogP contribution is -2.39. The zero-order valence-corrected chi connectivity index (χ0v) is 10.1. The van der Waals surface area contributed by atoms with E-state index in [1.165, 1.54) is 0 Å². The molecule has 1 atom stereocenters. The van der Waals surface area contributed by atoms with Gasteiger partial charge in [0.25, 0.3) is 0 Å². The Hall–Kier alpha value is -1.71. The van der Waals surface area contributed by atoms with Crippen LogP contribution >= 0.6 is 0 Å². The van der Waals surface area contributed by atoms with E-state index >= 15 is 0 Å². The zero-order valence-electron chi connectivity index (χ0n) is 10.1. The number of carbonyl (C=O) groups excluding carboxylic acids is 1. The summed E-state index contributed by atoms with van der Waals surface area (Å²) < 4.78 is 5.03. The highest BCUT2D eigenvalue weighted by molar-refractivity contribution is 5.82. The molecule has 0 aromatic heterocycles. The highest BCUT2D eigenvalue weighted by Crippen LogP contribution is 2.24. The van der Waals surface area contributed by atoms with Gasteiger partial charge in [0, 0.05) is 24.3 Å². The molecule has 1 aliphatic rings. The monoisotopic (exact) mass is 234 g/mol. The molecule has 0 spiro atoms. The summed E-state index contributed by atoms with van der Waals surface area (Å²) in [4.78, 5) is 13.7. The van der Waals surface area contributed by atoms with Crippen molar-refractivity contribution in [1.29, 1.82) is 0 Å². The predicted molar refractivity (Wildman–Crippen MR) is 67.9 cm³/mol. The van der Waals surface area contributed by atoms with Crippen molar-refractivity contribution in [3.05, 3.63) is 24.3 Å². The van der Waals surface area contributed by atoms with Crippen molar-refractivity contribution in [2.75, 3.05) is 23.8 Å². The van der Waals surface area contributed by atoms with Crippen LogP contribution in [0.5, 0.6) is 0 Å². The van der Waals surface area contributed by atoms with Crippen molar-refractivity contribution in [3.8, 4) is 0 Å². The van der Waals surface area contributed by atoms with Gasteiger partial charge < -0.3 is 15.4 Å². The lowest BCUT2D eigenvalue weighted by atomic mass is 10.1. The van der Waals surface area contributed by atoms with Crippen LogP contribution < -0.4 is 10.6 Å². The Morgan fingerprint density at radius 3 is 2.94 bits per heavy atom. The number of carbonyl (C=O) groups is 1. The van der Waals surface area contributed by atoms with Gasteiger partial charge in [0.05, 0.1) is 6.61 Å². The third kappa shape index (κ3) is 2.52. The summed E-state index contributed by atoms with van der Waals surface area (Å²) in [6.45, 7) is 3.45. The van der Waals surface area contributed by atoms with Crippen LogP contribution in [0, 0.1) is 0 Å². The number of rotatable bonds is 4. The van der Waals surface area contributed by atoms with Gasteiger partial charge in [-0.1, -0.05) is 13.0 Å². The summed E-state index contributed by atoms with van der Waals surface area (Å²) in [7, 11) is 0. The normalized spacial score (nSPS) is 19.1. The molecule has 4 heteroatoms. The average Bonchev–Trinajstić information content (AvgIpc) is 2.72. The van der Waals surface area contributed by atoms with Crippen LogP contribution in [0.3, 0.4) is 0 Å². The minimum Gasteiger partial charge on any atom is -0.464 e. The first kappa shape index (κ1) is 11.8. The summed E-state index contributed by atoms with van der Waals surface area (Å²) in [5, 5.41) is 0. The summed E-state index contributed by atoms with van der Waals surface area (Å²) in [5.74, 6) is -0.124. The van der Waals surface area contributed by atoms with E-state index in [0.717, 1.165) is 30.8 Å². The third-order valence-corrected chi connectivity index (χ3v) is 2.95. The van der Waals surface area contributed by atoms with Crippen molar-refractivity contribution >= 4 is 17.3 Å². The number of nitrogens with two attached hydrogens (primary N) is 1. The number of cyclic esters (lactones) is 1. The number of hydrogen-bond acceptors (Lipinski definition) is 4. The number of esters is 1. The van der Waals surface area contributed by atoms with Crippen molar-refractivity contribution in [1.82, 2.24) is 0 Å². The number of benzene rings is 1. The molecule has 1 unspecified atom stereocenters. The molecule has 1 aromatic carbocycles. The van der Waals surface area contributed by atoms with Gasteiger partial charge in [-0.3, -0.25) is 0 Å². The third-order valence-electron chi connectivity index (χ3n) is 2.95. The highest BCUT2D eigenvalue weighted by atomic mass is 16.5. The molecule has 1 aliphatic heterocycles. The minimum absolute atomic E-state index is 0.124. The van der Waals surface area contributed by atoms with Crippen LogP contribution in [0.4, 0.5) is 11.4 Å². The van der Waals surface area contributed by atoms with E-state index in [1.54, 1.807) is 0 Å². The molecule has 17 heavy (non-hydrogen) atoms. The quantitative estimate of drug-likeness (QED) is 0.637. The van der Waals surface area contributed by atoms with Gasteiger partial charge in [-0.15, -0.1) is 0 Å². The molecule has 0 amide bonds. The number of nitrogen functional groups attached to an aromatic ring is 1. The Balaban J connectivity index is 2.25. The Morgan fingerprint density at radius 1 is 1.53 bits per heavy atom. The van der Waals surface area contributed by atoms with Gasteiger partial charge in [-0.05, 0) is 24.6 Å². The summed E-state index contributed by atoms with van der Waals surface area (Å²) in [6.07, 6.45) is 1.74. The van der Waals surface area contributed by atoms with Crippen LogP contribution in [0.2, 0.25) is 0 Å². The van der Waals surface area contributed by atoms with E-state index in [0.29, 0.717) is 6.61 Å². The Labute approximate surface area is 101 Å². The van der Waals surface area contributed by atoms with Crippen molar-refractivity contribution in [2.24, 2.45) is 0 Å². The second kappa shape index (κ2) is 5.08. The molecule has 2 N–H and O–H groups in total. The number of hydrogen-bond donors (Lipinski definition) is 1. The Morgan fingerprint density at radius 2 is 2.35 bits per heavy atom. The van der Waals surface area contributed by atoms with Gasteiger partial charge >= 0.3 is 5.97 Å². The fraction of sp³-hybridized carbons (Fsp3) is 0.462. The van der Waals surface area contributed by atoms with E-state index in [4.69, 9.17) is 10.5 Å². The number of ether oxygens (including phenoxy) is 1. The van der Waals surface area contributed by atoms with Crippen LogP contribution in [0.15, 0.2) is 24.3 Å². The smallest absolute Gasteiger partial charge is 0.328 e. The molecule has 0 saturated carbocycles. The van der Waals surface area contributed by atoms with E-state index in [1.807, 2.05) is 24.3 Å². The molecule has 0 radical (unpaired) electrons. The first-order valence-electron chi connectivity index (χ1n) is 6.01. The van der Waals surface area contributed by atoms with Crippen LogP contribution in [-0.4, -0.2) is 25.2 Å². The molecule has 1 heterocycles. The molecule has 4 nitrogen and oxygen atoms in total. The SMILES string of the molecule is CCCN(c1cccc(N)c1)C1CCOC1=O. The van der Waals surface area contributed by atoms with Crippen LogP contribution in [0.1, 0.15) is 19.8 Å². The molecule has 1 aromatic rings. The molecule has 2 rings (SSSR count). The molecule has 0 aliphatic carbocycles. The van der Waals surface area contributed by atoms with E-state index in [-0.39, 0.29) is 12.0 Å². The van der Waals surface area contributed by atoms with Crippen LogP contribution in [-0.2, 0) is 9.53 Å². The second-order valence-corrected chi connectivity index (χ2v) is 4.26. The summed E-state index contributed by atoms with van der Waals surface area (Å²) in [5.41, 5.74) is 7.50. The summed E-state index contributed by atoms with van der Waals surface area (Å²) >= 11 is 0. The number of nitrogens with zero attached hydrogens (tertiary/aromatic N) is 1. The molecule has 1 saturated heterocycles. The average molecular weight is 234 g/mol. The molecule has 92 valence electrons. The maximum atomic E-state index is 11.7. The topological polar surface area (TPSA) is 55.6 Å². The Bertz CT molecular complexity index is 406. The molecular formula is C13H18N2O2. The van der Waals surface area contributed by atoms with E-state index < -0.39 is 0 Å². The number of anilines is 2. The Kier molecular flexibility index (Phi) is 3.52. The summed E-state index contributed by atoms with van der Waals surface area (Å²) in [6, 6.07) is 7.49. The van der Waals surface area contributed by atoms with Crippen molar-refractivity contribution in [3.63, 3.8) is 0 Å². The van der Waals surface area contributed by atoms with E-state index in [9.17, 15) is 4.79 Å². The maximum Gasteiger partial charge on any atom is 0.328 e. The van der Waals surface area contributed by atoms with Crippen molar-refractivity contribution in [2.45, 2.75) is 25.8 Å². The highest BCUT2D eigenvalue weighted by Gasteiger charge is 2.32. The second-order valence-electron chi connectivity index (χ2n) is 4.26. The largest absolute Gasteiger partial charge is 0.464 e. The maximum absolute atomic E-state index is 11.7. The van der Waals surface area contributed by atoms with Crippen molar-refractivity contribution < 1.29 is 9.53 Å². The minimum atomic E-state index is -0.156. The fourth-order valence-corrected chi connectivity index (χ4v) is 2.18. The lowest BCUT2D eigenvalue weighted by Gasteiger charge is -2.28. The molecule has 1 fully saturated rings. The first-order valence-corrected chi connectivity index (χ1v) is 6.01. The standard InChI is InChI=1S/C13H18N2O2/c1-2-7-15(12-6-8-17-13(12)16)11-5-3-4-10(14)9-11/h3-5,9,12H,2,6-8,14H2,1H3. The lowest BCUT2D eigenvalue weighted by molar-refractivity contribution is -0.139. The predicted octanol–water partition coefficient (Wildman–Crippen LogP) is 1.80. The fourth-order valence-electron chi connectivity index (χ4n) is 2.18. The molecular weight excluding hydrogens is 216 g/mol. The van der Waals surface area contributed by atoms with E-state index in [2.05, 4.69) is 11.8 Å². The van der Waals surface area contributed by atoms with Gasteiger partial charge in [0.1, 0.15) is 6.04 Å². The van der Waals surface area contributed by atoms with Crippen LogP contribution in [0.25, 0.3) is 0 Å².